The van der Waals surface area contributed by atoms with Crippen LogP contribution in [0.5, 0.6) is 0 Å². The largest absolute Gasteiger partial charge is 0.490 e. The topological polar surface area (TPSA) is 87.4 Å². The van der Waals surface area contributed by atoms with Crippen molar-refractivity contribution in [1.82, 2.24) is 24.6 Å². The van der Waals surface area contributed by atoms with Gasteiger partial charge in [0.15, 0.2) is 11.5 Å². The fourth-order valence-electron chi connectivity index (χ4n) is 4.96. The summed E-state index contributed by atoms with van der Waals surface area (Å²) in [6.07, 6.45) is 1.14. The third kappa shape index (κ3) is 5.23. The summed E-state index contributed by atoms with van der Waals surface area (Å²) in [4.78, 5) is 23.2. The molecule has 200 valence electrons. The van der Waals surface area contributed by atoms with Gasteiger partial charge >= 0.3 is 12.1 Å². The molecule has 3 aromatic heterocycles. The molecule has 0 spiro atoms. The predicted molar refractivity (Wildman–Crippen MR) is 135 cm³/mol. The zero-order valence-corrected chi connectivity index (χ0v) is 21.0. The van der Waals surface area contributed by atoms with E-state index in [9.17, 15) is 17.6 Å². The monoisotopic (exact) mass is 550 g/mol. The SMILES string of the molecule is Cn1cc2cc(-c3cc(Cl)c4cc(N5CCN6CCCC6C5)cnc4n3)cc(F)c2n1.O=C(O)C(F)(F)F. The maximum Gasteiger partial charge on any atom is 0.490 e. The van der Waals surface area contributed by atoms with Gasteiger partial charge in [0, 0.05) is 55.3 Å². The van der Waals surface area contributed by atoms with E-state index >= 15 is 0 Å². The summed E-state index contributed by atoms with van der Waals surface area (Å²) in [7, 11) is 1.78. The molecule has 1 atom stereocenters. The zero-order valence-electron chi connectivity index (χ0n) is 20.2. The highest BCUT2D eigenvalue weighted by Gasteiger charge is 2.38. The van der Waals surface area contributed by atoms with Gasteiger partial charge in [-0.15, -0.1) is 0 Å². The number of carboxylic acid groups (broad SMARTS) is 1. The number of nitrogens with zero attached hydrogens (tertiary/aromatic N) is 6. The summed E-state index contributed by atoms with van der Waals surface area (Å²) in [5.41, 5.74) is 3.26. The second kappa shape index (κ2) is 9.99. The Bertz CT molecular complexity index is 1530. The third-order valence-electron chi connectivity index (χ3n) is 6.77. The molecule has 5 heterocycles. The van der Waals surface area contributed by atoms with E-state index in [-0.39, 0.29) is 5.82 Å². The van der Waals surface area contributed by atoms with Crippen LogP contribution in [-0.4, -0.2) is 74.1 Å². The molecule has 4 aromatic rings. The number of hydrogen-bond acceptors (Lipinski definition) is 6. The molecular weight excluding hydrogens is 528 g/mol. The van der Waals surface area contributed by atoms with Crippen molar-refractivity contribution >= 4 is 45.2 Å². The van der Waals surface area contributed by atoms with Gasteiger partial charge < -0.3 is 10.0 Å². The Morgan fingerprint density at radius 3 is 2.66 bits per heavy atom. The number of anilines is 1. The molecule has 2 aliphatic heterocycles. The molecular formula is C25H23ClF4N6O2. The Balaban J connectivity index is 0.000000374. The minimum atomic E-state index is -5.08. The summed E-state index contributed by atoms with van der Waals surface area (Å²) in [5, 5.41) is 13.4. The number of hydrogen-bond donors (Lipinski definition) is 1. The summed E-state index contributed by atoms with van der Waals surface area (Å²) < 4.78 is 47.9. The van der Waals surface area contributed by atoms with Crippen molar-refractivity contribution in [2.24, 2.45) is 7.05 Å². The molecule has 6 rings (SSSR count). The van der Waals surface area contributed by atoms with Crippen molar-refractivity contribution in [3.05, 3.63) is 47.5 Å². The van der Waals surface area contributed by atoms with Crippen molar-refractivity contribution < 1.29 is 27.5 Å². The molecule has 0 radical (unpaired) electrons. The number of alkyl halides is 3. The predicted octanol–water partition coefficient (Wildman–Crippen LogP) is 4.89. The molecule has 0 aliphatic carbocycles. The van der Waals surface area contributed by atoms with E-state index in [1.165, 1.54) is 25.5 Å². The van der Waals surface area contributed by atoms with Crippen LogP contribution in [0.15, 0.2) is 36.7 Å². The molecule has 13 heteroatoms. The van der Waals surface area contributed by atoms with Crippen LogP contribution in [0.2, 0.25) is 5.02 Å². The van der Waals surface area contributed by atoms with Gasteiger partial charge in [-0.1, -0.05) is 11.6 Å². The number of halogens is 5. The van der Waals surface area contributed by atoms with E-state index in [1.54, 1.807) is 24.0 Å². The van der Waals surface area contributed by atoms with Crippen LogP contribution in [0.25, 0.3) is 33.2 Å². The minimum Gasteiger partial charge on any atom is -0.475 e. The summed E-state index contributed by atoms with van der Waals surface area (Å²) in [6.45, 7) is 4.34. The van der Waals surface area contributed by atoms with Crippen molar-refractivity contribution in [2.45, 2.75) is 25.1 Å². The van der Waals surface area contributed by atoms with E-state index < -0.39 is 12.1 Å². The van der Waals surface area contributed by atoms with Crippen molar-refractivity contribution in [2.75, 3.05) is 31.1 Å². The number of aliphatic carboxylic acids is 1. The lowest BCUT2D eigenvalue weighted by Gasteiger charge is -2.38. The standard InChI is InChI=1S/C23H22ClFN6.C2HF3O2/c1-29-12-15-7-14(8-20(25)22(15)28-29)21-10-19(24)18-9-17(11-26-23(18)27-21)31-6-5-30-4-2-3-16(30)13-31;3-2(4,5)1(6)7/h7-12,16H,2-6,13H2,1H3;(H,6,7). The maximum atomic E-state index is 14.6. The van der Waals surface area contributed by atoms with Crippen LogP contribution in [0.1, 0.15) is 12.8 Å². The fourth-order valence-corrected chi connectivity index (χ4v) is 5.20. The Kier molecular flexibility index (Phi) is 6.86. The lowest BCUT2D eigenvalue weighted by molar-refractivity contribution is -0.192. The normalized spacial score (nSPS) is 17.9. The van der Waals surface area contributed by atoms with Gasteiger partial charge in [0.1, 0.15) is 5.52 Å². The summed E-state index contributed by atoms with van der Waals surface area (Å²) >= 11 is 6.66. The van der Waals surface area contributed by atoms with Gasteiger partial charge in [0.2, 0.25) is 0 Å². The highest BCUT2D eigenvalue weighted by Crippen LogP contribution is 2.33. The Labute approximate surface area is 219 Å². The number of fused-ring (bicyclic) bond motifs is 3. The van der Waals surface area contributed by atoms with Crippen LogP contribution < -0.4 is 4.90 Å². The number of rotatable bonds is 2. The van der Waals surface area contributed by atoms with Gasteiger partial charge in [-0.25, -0.2) is 19.2 Å². The number of pyridine rings is 2. The van der Waals surface area contributed by atoms with E-state index in [4.69, 9.17) is 21.5 Å². The third-order valence-corrected chi connectivity index (χ3v) is 7.08. The molecule has 0 amide bonds. The second-order valence-electron chi connectivity index (χ2n) is 9.33. The van der Waals surface area contributed by atoms with Gasteiger partial charge in [0.05, 0.1) is 22.6 Å². The van der Waals surface area contributed by atoms with E-state index in [1.807, 2.05) is 12.3 Å². The molecule has 1 aromatic carbocycles. The van der Waals surface area contributed by atoms with E-state index in [0.29, 0.717) is 33.5 Å². The van der Waals surface area contributed by atoms with Crippen LogP contribution in [0.3, 0.4) is 0 Å². The Hall–Kier alpha value is -3.51. The quantitative estimate of drug-likeness (QED) is 0.355. The maximum absolute atomic E-state index is 14.6. The average Bonchev–Trinajstić information content (AvgIpc) is 3.49. The number of carboxylic acids is 1. The van der Waals surface area contributed by atoms with Crippen molar-refractivity contribution in [3.63, 3.8) is 0 Å². The minimum absolute atomic E-state index is 0.350. The molecule has 2 aliphatic rings. The van der Waals surface area contributed by atoms with Gasteiger partial charge in [-0.2, -0.15) is 18.3 Å². The summed E-state index contributed by atoms with van der Waals surface area (Å²) in [5.74, 6) is -3.13. The first kappa shape index (κ1) is 26.1. The molecule has 38 heavy (non-hydrogen) atoms. The molecule has 0 bridgehead atoms. The lowest BCUT2D eigenvalue weighted by atomic mass is 10.1. The number of piperazine rings is 1. The van der Waals surface area contributed by atoms with Crippen LogP contribution >= 0.6 is 11.6 Å². The number of carbonyl (C=O) groups is 1. The smallest absolute Gasteiger partial charge is 0.475 e. The Morgan fingerprint density at radius 2 is 1.92 bits per heavy atom. The molecule has 8 nitrogen and oxygen atoms in total. The van der Waals surface area contributed by atoms with Crippen molar-refractivity contribution in [3.8, 4) is 11.3 Å². The number of aryl methyl sites for hydroxylation is 1. The highest BCUT2D eigenvalue weighted by molar-refractivity contribution is 6.35. The van der Waals surface area contributed by atoms with Gasteiger partial charge in [-0.05, 0) is 43.7 Å². The molecule has 1 unspecified atom stereocenters. The first-order chi connectivity index (χ1) is 18.0. The molecule has 2 fully saturated rings. The van der Waals surface area contributed by atoms with Crippen molar-refractivity contribution in [1.29, 1.82) is 0 Å². The van der Waals surface area contributed by atoms with Gasteiger partial charge in [-0.3, -0.25) is 9.58 Å². The summed E-state index contributed by atoms with van der Waals surface area (Å²) in [6, 6.07) is 7.84. The average molecular weight is 551 g/mol. The first-order valence-corrected chi connectivity index (χ1v) is 12.3. The first-order valence-electron chi connectivity index (χ1n) is 11.9. The van der Waals surface area contributed by atoms with Crippen LogP contribution in [0.4, 0.5) is 23.2 Å². The van der Waals surface area contributed by atoms with E-state index in [0.717, 1.165) is 36.1 Å². The van der Waals surface area contributed by atoms with E-state index in [2.05, 4.69) is 30.9 Å². The zero-order chi connectivity index (χ0) is 27.2. The Morgan fingerprint density at radius 1 is 1.16 bits per heavy atom. The number of aromatic nitrogens is 4. The van der Waals surface area contributed by atoms with Gasteiger partial charge in [0.25, 0.3) is 0 Å². The lowest BCUT2D eigenvalue weighted by Crippen LogP contribution is -2.50. The molecule has 1 N–H and O–H groups in total. The van der Waals surface area contributed by atoms with Crippen LogP contribution in [0, 0.1) is 5.82 Å². The number of benzene rings is 1. The highest BCUT2D eigenvalue weighted by atomic mass is 35.5. The molecule has 0 saturated carbocycles. The second-order valence-corrected chi connectivity index (χ2v) is 9.74. The molecule has 2 saturated heterocycles. The van der Waals surface area contributed by atoms with Crippen LogP contribution in [-0.2, 0) is 11.8 Å². The fraction of sp³-hybridized carbons (Fsp3) is 0.360.